The molecule has 13 heavy (non-hydrogen) atoms. The molecule has 0 amide bonds. The number of esters is 2. The first-order valence-electron chi connectivity index (χ1n) is 4.85. The van der Waals surface area contributed by atoms with E-state index in [1.54, 1.807) is 0 Å². The maximum absolute atomic E-state index is 11.2. The van der Waals surface area contributed by atoms with E-state index in [0.29, 0.717) is 11.8 Å². The Morgan fingerprint density at radius 2 is 1.31 bits per heavy atom. The Balaban J connectivity index is 1.78. The largest absolute Gasteiger partial charge is 0.393 e. The van der Waals surface area contributed by atoms with Crippen LogP contribution in [0.1, 0.15) is 26.7 Å². The van der Waals surface area contributed by atoms with Crippen LogP contribution in [-0.2, 0) is 14.3 Å². The summed E-state index contributed by atoms with van der Waals surface area (Å²) in [6.07, 6.45) is 1.76. The van der Waals surface area contributed by atoms with Crippen molar-refractivity contribution in [1.29, 1.82) is 0 Å². The Morgan fingerprint density at radius 1 is 1.00 bits per heavy atom. The second-order valence-electron chi connectivity index (χ2n) is 4.38. The number of ether oxygens (including phenoxy) is 1. The average molecular weight is 182 g/mol. The van der Waals surface area contributed by atoms with Gasteiger partial charge in [-0.2, -0.15) is 0 Å². The summed E-state index contributed by atoms with van der Waals surface area (Å²) in [5.41, 5.74) is 0. The molecule has 0 aliphatic heterocycles. The van der Waals surface area contributed by atoms with Crippen LogP contribution in [0.5, 0.6) is 0 Å². The summed E-state index contributed by atoms with van der Waals surface area (Å²) in [4.78, 5) is 22.4. The van der Waals surface area contributed by atoms with E-state index in [1.807, 2.05) is 13.8 Å². The van der Waals surface area contributed by atoms with Gasteiger partial charge in [0, 0.05) is 0 Å². The van der Waals surface area contributed by atoms with Crippen LogP contribution in [0.3, 0.4) is 0 Å². The highest BCUT2D eigenvalue weighted by Gasteiger charge is 2.45. The van der Waals surface area contributed by atoms with Crippen molar-refractivity contribution in [3.63, 3.8) is 0 Å². The van der Waals surface area contributed by atoms with Gasteiger partial charge in [0.05, 0.1) is 11.8 Å². The van der Waals surface area contributed by atoms with Gasteiger partial charge in [0.15, 0.2) is 0 Å². The molecule has 0 aromatic rings. The summed E-state index contributed by atoms with van der Waals surface area (Å²) in [7, 11) is 0. The van der Waals surface area contributed by atoms with E-state index in [9.17, 15) is 9.59 Å². The molecule has 0 spiro atoms. The van der Waals surface area contributed by atoms with Gasteiger partial charge in [0.2, 0.25) is 0 Å². The Bertz CT molecular complexity index is 233. The van der Waals surface area contributed by atoms with Gasteiger partial charge in [0.1, 0.15) is 0 Å². The molecule has 2 fully saturated rings. The van der Waals surface area contributed by atoms with E-state index in [2.05, 4.69) is 0 Å². The number of carbonyl (C=O) groups excluding carboxylic acids is 2. The van der Waals surface area contributed by atoms with Crippen LogP contribution in [0.25, 0.3) is 0 Å². The van der Waals surface area contributed by atoms with Crippen molar-refractivity contribution in [1.82, 2.24) is 0 Å². The molecule has 0 saturated heterocycles. The molecular weight excluding hydrogens is 168 g/mol. The van der Waals surface area contributed by atoms with Crippen LogP contribution in [-0.4, -0.2) is 11.9 Å². The molecular formula is C10H14O3. The zero-order valence-corrected chi connectivity index (χ0v) is 7.95. The summed E-state index contributed by atoms with van der Waals surface area (Å²) in [6, 6.07) is 0. The molecule has 72 valence electrons. The minimum absolute atomic E-state index is 0.00185. The van der Waals surface area contributed by atoms with Crippen LogP contribution in [0.15, 0.2) is 0 Å². The van der Waals surface area contributed by atoms with Crippen molar-refractivity contribution in [2.24, 2.45) is 23.7 Å². The van der Waals surface area contributed by atoms with E-state index in [1.165, 1.54) is 0 Å². The number of carbonyl (C=O) groups is 2. The van der Waals surface area contributed by atoms with E-state index in [-0.39, 0.29) is 23.8 Å². The Kier molecular flexibility index (Phi) is 1.90. The highest BCUT2D eigenvalue weighted by atomic mass is 16.6. The molecule has 3 nitrogen and oxygen atoms in total. The Hall–Kier alpha value is -0.860. The highest BCUT2D eigenvalue weighted by Crippen LogP contribution is 2.41. The normalized spacial score (nSPS) is 41.1. The predicted octanol–water partition coefficient (Wildman–Crippen LogP) is 1.37. The second-order valence-corrected chi connectivity index (χ2v) is 4.38. The third-order valence-corrected chi connectivity index (χ3v) is 3.03. The van der Waals surface area contributed by atoms with Crippen LogP contribution < -0.4 is 0 Å². The molecule has 4 atom stereocenters. The molecule has 2 aliphatic rings. The minimum atomic E-state index is -0.309. The van der Waals surface area contributed by atoms with Gasteiger partial charge in [-0.05, 0) is 24.7 Å². The van der Waals surface area contributed by atoms with Crippen molar-refractivity contribution in [2.45, 2.75) is 26.7 Å². The van der Waals surface area contributed by atoms with Gasteiger partial charge >= 0.3 is 11.9 Å². The minimum Gasteiger partial charge on any atom is -0.393 e. The summed E-state index contributed by atoms with van der Waals surface area (Å²) in [5, 5.41) is 0. The standard InChI is InChI=1S/C10H14O3/c1-5-3-7(5)9(11)13-10(12)8-4-6(8)2/h5-8H,3-4H2,1-2H3/t5-,6+,7+,8-. The molecule has 0 aromatic carbocycles. The van der Waals surface area contributed by atoms with Crippen LogP contribution >= 0.6 is 0 Å². The second kappa shape index (κ2) is 2.82. The maximum atomic E-state index is 11.2. The lowest BCUT2D eigenvalue weighted by Gasteiger charge is -1.99. The monoisotopic (exact) mass is 182 g/mol. The number of hydrogen-bond donors (Lipinski definition) is 0. The molecule has 2 aliphatic carbocycles. The fourth-order valence-corrected chi connectivity index (χ4v) is 1.55. The topological polar surface area (TPSA) is 43.4 Å². The lowest BCUT2D eigenvalue weighted by atomic mass is 10.3. The first kappa shape index (κ1) is 8.73. The van der Waals surface area contributed by atoms with Crippen LogP contribution in [0, 0.1) is 23.7 Å². The molecule has 0 N–H and O–H groups in total. The van der Waals surface area contributed by atoms with Gasteiger partial charge in [-0.25, -0.2) is 0 Å². The fraction of sp³-hybridized carbons (Fsp3) is 0.800. The third kappa shape index (κ3) is 1.74. The predicted molar refractivity (Wildman–Crippen MR) is 45.6 cm³/mol. The molecule has 0 heterocycles. The zero-order chi connectivity index (χ0) is 9.59. The average Bonchev–Trinajstić information content (AvgIpc) is 2.89. The number of rotatable bonds is 2. The maximum Gasteiger partial charge on any atom is 0.316 e. The van der Waals surface area contributed by atoms with E-state index >= 15 is 0 Å². The van der Waals surface area contributed by atoms with Crippen LogP contribution in [0.4, 0.5) is 0 Å². The molecule has 0 radical (unpaired) electrons. The van der Waals surface area contributed by atoms with Gasteiger partial charge in [-0.15, -0.1) is 0 Å². The molecule has 3 heteroatoms. The Morgan fingerprint density at radius 3 is 1.54 bits per heavy atom. The smallest absolute Gasteiger partial charge is 0.316 e. The SMILES string of the molecule is C[C@@H]1C[C@@H]1C(=O)OC(=O)[C@@H]1C[C@@H]1C. The lowest BCUT2D eigenvalue weighted by Crippen LogP contribution is -2.16. The summed E-state index contributed by atoms with van der Waals surface area (Å²) >= 11 is 0. The van der Waals surface area contributed by atoms with Crippen LogP contribution in [0.2, 0.25) is 0 Å². The van der Waals surface area contributed by atoms with Crippen molar-refractivity contribution >= 4 is 11.9 Å². The fourth-order valence-electron chi connectivity index (χ4n) is 1.55. The summed E-state index contributed by atoms with van der Waals surface area (Å²) in [5.74, 6) is 0.207. The quantitative estimate of drug-likeness (QED) is 0.478. The first-order valence-corrected chi connectivity index (χ1v) is 4.85. The Labute approximate surface area is 77.4 Å². The van der Waals surface area contributed by atoms with E-state index in [0.717, 1.165) is 12.8 Å². The molecule has 2 rings (SSSR count). The molecule has 0 bridgehead atoms. The third-order valence-electron chi connectivity index (χ3n) is 3.03. The van der Waals surface area contributed by atoms with Crippen molar-refractivity contribution < 1.29 is 14.3 Å². The number of hydrogen-bond acceptors (Lipinski definition) is 3. The summed E-state index contributed by atoms with van der Waals surface area (Å²) < 4.78 is 4.76. The zero-order valence-electron chi connectivity index (χ0n) is 7.95. The van der Waals surface area contributed by atoms with Crippen molar-refractivity contribution in [3.05, 3.63) is 0 Å². The summed E-state index contributed by atoms with van der Waals surface area (Å²) in [6.45, 7) is 3.99. The van der Waals surface area contributed by atoms with E-state index < -0.39 is 0 Å². The van der Waals surface area contributed by atoms with Gasteiger partial charge < -0.3 is 4.74 Å². The van der Waals surface area contributed by atoms with Crippen molar-refractivity contribution in [3.8, 4) is 0 Å². The molecule has 0 aromatic heterocycles. The highest BCUT2D eigenvalue weighted by molar-refractivity contribution is 5.90. The van der Waals surface area contributed by atoms with Gasteiger partial charge in [-0.3, -0.25) is 9.59 Å². The lowest BCUT2D eigenvalue weighted by molar-refractivity contribution is -0.161. The van der Waals surface area contributed by atoms with E-state index in [4.69, 9.17) is 4.74 Å². The van der Waals surface area contributed by atoms with Gasteiger partial charge in [-0.1, -0.05) is 13.8 Å². The first-order chi connectivity index (χ1) is 6.09. The molecule has 0 unspecified atom stereocenters. The van der Waals surface area contributed by atoms with Crippen molar-refractivity contribution in [2.75, 3.05) is 0 Å². The van der Waals surface area contributed by atoms with Gasteiger partial charge in [0.25, 0.3) is 0 Å². The molecule has 2 saturated carbocycles.